The summed E-state index contributed by atoms with van der Waals surface area (Å²) >= 11 is 0. The van der Waals surface area contributed by atoms with Crippen molar-refractivity contribution in [3.05, 3.63) is 76.6 Å². The number of nitrogens with zero attached hydrogens (tertiary/aromatic N) is 2. The summed E-state index contributed by atoms with van der Waals surface area (Å²) in [5, 5.41) is 7.50. The maximum absolute atomic E-state index is 12.7. The highest BCUT2D eigenvalue weighted by Gasteiger charge is 2.41. The molecule has 1 N–H and O–H groups in total. The Morgan fingerprint density at radius 2 is 1.75 bits per heavy atom. The lowest BCUT2D eigenvalue weighted by atomic mass is 9.68. The molecule has 1 fully saturated rings. The Kier molecular flexibility index (Phi) is 4.89. The number of carbonyl (C=O) groups is 1. The van der Waals surface area contributed by atoms with Crippen LogP contribution in [-0.4, -0.2) is 55.4 Å². The van der Waals surface area contributed by atoms with Gasteiger partial charge in [0, 0.05) is 41.7 Å². The average molecular weight is 431 g/mol. The number of aromatic nitrogens is 2. The van der Waals surface area contributed by atoms with Crippen molar-refractivity contribution in [1.82, 2.24) is 15.1 Å². The molecule has 1 aliphatic carbocycles. The summed E-state index contributed by atoms with van der Waals surface area (Å²) in [5.74, 6) is 1.74. The van der Waals surface area contributed by atoms with Crippen molar-refractivity contribution in [1.29, 1.82) is 0 Å². The Morgan fingerprint density at radius 1 is 1.00 bits per heavy atom. The van der Waals surface area contributed by atoms with E-state index >= 15 is 0 Å². The molecule has 1 amide bonds. The lowest BCUT2D eigenvalue weighted by Crippen LogP contribution is -2.31. The molecule has 7 nitrogen and oxygen atoms in total. The molecule has 0 bridgehead atoms. The number of aromatic amines is 1. The Bertz CT molecular complexity index is 1200. The van der Waals surface area contributed by atoms with Gasteiger partial charge in [0.1, 0.15) is 0 Å². The summed E-state index contributed by atoms with van der Waals surface area (Å²) in [6.45, 7) is 1.59. The molecule has 0 spiro atoms. The molecule has 5 rings (SSSR count). The largest absolute Gasteiger partial charge is 0.493 e. The van der Waals surface area contributed by atoms with Gasteiger partial charge in [0.15, 0.2) is 17.2 Å². The van der Waals surface area contributed by atoms with Gasteiger partial charge in [-0.25, -0.2) is 0 Å². The normalized spacial score (nSPS) is 18.8. The Hall–Kier alpha value is -3.74. The van der Waals surface area contributed by atoms with E-state index in [0.29, 0.717) is 29.4 Å². The number of fused-ring (bicyclic) bond motifs is 1. The predicted octanol–water partition coefficient (Wildman–Crippen LogP) is 3.45. The number of methoxy groups -OCH3 is 3. The summed E-state index contributed by atoms with van der Waals surface area (Å²) in [6, 6.07) is 14.2. The van der Waals surface area contributed by atoms with E-state index in [-0.39, 0.29) is 5.91 Å². The first kappa shape index (κ1) is 20.2. The lowest BCUT2D eigenvalue weighted by molar-refractivity contribution is 0.0880. The van der Waals surface area contributed by atoms with Gasteiger partial charge in [-0.15, -0.1) is 0 Å². The number of hydrogen-bond donors (Lipinski definition) is 1. The standard InChI is InChI=1S/C25H25N3O4/c1-30-20-10-9-18(22(31-2)23(20)32-3)25(16-7-5-4-6-8-16)12-11-17-19(15-25)26-27-21(17)24(29)28-13-14-28/h4-12H,13-15H2,1-3H3,(H,26,27). The number of benzene rings is 2. The second-order valence-corrected chi connectivity index (χ2v) is 7.99. The number of ether oxygens (including phenoxy) is 3. The third-order valence-electron chi connectivity index (χ3n) is 6.28. The Balaban J connectivity index is 1.70. The van der Waals surface area contributed by atoms with Crippen LogP contribution in [-0.2, 0) is 11.8 Å². The van der Waals surface area contributed by atoms with Crippen molar-refractivity contribution < 1.29 is 19.0 Å². The van der Waals surface area contributed by atoms with Gasteiger partial charge in [-0.3, -0.25) is 9.89 Å². The average Bonchev–Trinajstić information content (AvgIpc) is 3.62. The zero-order chi connectivity index (χ0) is 22.3. The molecule has 1 aliphatic heterocycles. The van der Waals surface area contributed by atoms with Crippen LogP contribution < -0.4 is 14.2 Å². The molecule has 2 aromatic carbocycles. The molecular weight excluding hydrogens is 406 g/mol. The van der Waals surface area contributed by atoms with E-state index in [1.807, 2.05) is 36.4 Å². The number of rotatable bonds is 6. The van der Waals surface area contributed by atoms with E-state index in [9.17, 15) is 4.79 Å². The molecule has 1 unspecified atom stereocenters. The SMILES string of the molecule is COc1ccc(C2(c3ccccc3)C=Cc3c(C(=O)N4CC4)n[nH]c3C2)c(OC)c1OC. The van der Waals surface area contributed by atoms with Crippen molar-refractivity contribution in [2.75, 3.05) is 34.4 Å². The van der Waals surface area contributed by atoms with Gasteiger partial charge in [-0.2, -0.15) is 5.10 Å². The van der Waals surface area contributed by atoms with Gasteiger partial charge in [0.25, 0.3) is 5.91 Å². The van der Waals surface area contributed by atoms with Gasteiger partial charge in [0.05, 0.1) is 21.3 Å². The monoisotopic (exact) mass is 431 g/mol. The summed E-state index contributed by atoms with van der Waals surface area (Å²) < 4.78 is 17.0. The molecule has 0 radical (unpaired) electrons. The first-order valence-corrected chi connectivity index (χ1v) is 10.5. The number of allylic oxidation sites excluding steroid dienone is 1. The summed E-state index contributed by atoms with van der Waals surface area (Å²) in [6.07, 6.45) is 4.74. The van der Waals surface area contributed by atoms with Crippen LogP contribution in [0.5, 0.6) is 17.2 Å². The first-order valence-electron chi connectivity index (χ1n) is 10.5. The second-order valence-electron chi connectivity index (χ2n) is 7.99. The molecule has 1 saturated heterocycles. The fraction of sp³-hybridized carbons (Fsp3) is 0.280. The summed E-state index contributed by atoms with van der Waals surface area (Å²) in [4.78, 5) is 14.4. The van der Waals surface area contributed by atoms with Crippen molar-refractivity contribution in [3.8, 4) is 17.2 Å². The quantitative estimate of drug-likeness (QED) is 0.605. The maximum atomic E-state index is 12.7. The highest BCUT2D eigenvalue weighted by molar-refractivity contribution is 5.98. The molecule has 1 aromatic heterocycles. The van der Waals surface area contributed by atoms with Crippen LogP contribution in [0.4, 0.5) is 0 Å². The van der Waals surface area contributed by atoms with Crippen molar-refractivity contribution in [2.45, 2.75) is 11.8 Å². The van der Waals surface area contributed by atoms with Gasteiger partial charge >= 0.3 is 0 Å². The number of H-pyrrole nitrogens is 1. The molecule has 0 saturated carbocycles. The molecule has 164 valence electrons. The molecule has 32 heavy (non-hydrogen) atoms. The smallest absolute Gasteiger partial charge is 0.275 e. The number of hydrogen-bond acceptors (Lipinski definition) is 5. The zero-order valence-corrected chi connectivity index (χ0v) is 18.3. The highest BCUT2D eigenvalue weighted by Crippen LogP contribution is 2.50. The number of amides is 1. The molecule has 2 heterocycles. The van der Waals surface area contributed by atoms with E-state index in [1.165, 1.54) is 0 Å². The minimum atomic E-state index is -0.550. The van der Waals surface area contributed by atoms with Crippen molar-refractivity contribution in [3.63, 3.8) is 0 Å². The Labute approximate surface area is 186 Å². The molecule has 7 heteroatoms. The minimum Gasteiger partial charge on any atom is -0.493 e. The zero-order valence-electron chi connectivity index (χ0n) is 18.3. The van der Waals surface area contributed by atoms with Gasteiger partial charge < -0.3 is 19.1 Å². The topological polar surface area (TPSA) is 76.5 Å². The molecule has 2 aliphatic rings. The van der Waals surface area contributed by atoms with E-state index in [4.69, 9.17) is 14.2 Å². The minimum absolute atomic E-state index is 0.0249. The first-order chi connectivity index (χ1) is 15.6. The van der Waals surface area contributed by atoms with E-state index in [2.05, 4.69) is 28.4 Å². The molecule has 3 aromatic rings. The van der Waals surface area contributed by atoms with Crippen LogP contribution in [0.2, 0.25) is 0 Å². The van der Waals surface area contributed by atoms with Crippen molar-refractivity contribution in [2.24, 2.45) is 0 Å². The fourth-order valence-corrected chi connectivity index (χ4v) is 4.56. The number of carbonyl (C=O) groups excluding carboxylic acids is 1. The maximum Gasteiger partial charge on any atom is 0.275 e. The van der Waals surface area contributed by atoms with Crippen LogP contribution in [0.3, 0.4) is 0 Å². The van der Waals surface area contributed by atoms with Gasteiger partial charge in [-0.1, -0.05) is 48.6 Å². The third kappa shape index (κ3) is 3.04. The fourth-order valence-electron chi connectivity index (χ4n) is 4.56. The van der Waals surface area contributed by atoms with Crippen LogP contribution in [0.25, 0.3) is 6.08 Å². The van der Waals surface area contributed by atoms with Crippen molar-refractivity contribution >= 4 is 12.0 Å². The van der Waals surface area contributed by atoms with Crippen LogP contribution >= 0.6 is 0 Å². The van der Waals surface area contributed by atoms with Crippen LogP contribution in [0.15, 0.2) is 48.5 Å². The summed E-state index contributed by atoms with van der Waals surface area (Å²) in [7, 11) is 4.85. The molecule has 1 atom stereocenters. The van der Waals surface area contributed by atoms with Crippen LogP contribution in [0.1, 0.15) is 32.9 Å². The molecular formula is C25H25N3O4. The predicted molar refractivity (Wildman–Crippen MR) is 121 cm³/mol. The second kappa shape index (κ2) is 7.75. The third-order valence-corrected chi connectivity index (χ3v) is 6.28. The van der Waals surface area contributed by atoms with E-state index in [0.717, 1.165) is 35.5 Å². The summed E-state index contributed by atoms with van der Waals surface area (Å²) in [5.41, 5.74) is 3.74. The van der Waals surface area contributed by atoms with Crippen LogP contribution in [0, 0.1) is 0 Å². The van der Waals surface area contributed by atoms with E-state index < -0.39 is 5.41 Å². The number of nitrogens with one attached hydrogen (secondary N) is 1. The lowest BCUT2D eigenvalue weighted by Gasteiger charge is -2.36. The van der Waals surface area contributed by atoms with Gasteiger partial charge in [-0.05, 0) is 11.6 Å². The van der Waals surface area contributed by atoms with E-state index in [1.54, 1.807) is 26.2 Å². The Morgan fingerprint density at radius 3 is 2.41 bits per heavy atom. The highest BCUT2D eigenvalue weighted by atomic mass is 16.5. The van der Waals surface area contributed by atoms with Gasteiger partial charge in [0.2, 0.25) is 5.75 Å².